The van der Waals surface area contributed by atoms with E-state index in [2.05, 4.69) is 26.5 Å². The van der Waals surface area contributed by atoms with E-state index < -0.39 is 0 Å². The Labute approximate surface area is 128 Å². The lowest BCUT2D eigenvalue weighted by atomic mass is 9.55. The molecule has 21 heavy (non-hydrogen) atoms. The number of rotatable bonds is 0. The molecular weight excluding hydrogens is 256 g/mol. The van der Waals surface area contributed by atoms with Crippen molar-refractivity contribution in [3.63, 3.8) is 0 Å². The van der Waals surface area contributed by atoms with Crippen molar-refractivity contribution < 1.29 is 5.11 Å². The number of phenolic OH excluding ortho intramolecular Hbond substituents is 1. The number of hydrogen-bond acceptors (Lipinski definition) is 1. The van der Waals surface area contributed by atoms with Crippen molar-refractivity contribution in [2.45, 2.75) is 51.9 Å². The lowest BCUT2D eigenvalue weighted by molar-refractivity contribution is 0.0810. The van der Waals surface area contributed by atoms with E-state index in [9.17, 15) is 5.11 Å². The lowest BCUT2D eigenvalue weighted by Crippen LogP contribution is -2.40. The van der Waals surface area contributed by atoms with Crippen LogP contribution in [0.1, 0.15) is 56.6 Å². The molecule has 0 bridgehead atoms. The third-order valence-electron chi connectivity index (χ3n) is 7.04. The van der Waals surface area contributed by atoms with Gasteiger partial charge in [0.25, 0.3) is 0 Å². The molecule has 0 spiro atoms. The monoisotopic (exact) mass is 282 g/mol. The van der Waals surface area contributed by atoms with Crippen LogP contribution in [-0.2, 0) is 6.42 Å². The maximum Gasteiger partial charge on any atom is 0.115 e. The zero-order chi connectivity index (χ0) is 14.8. The van der Waals surface area contributed by atoms with Gasteiger partial charge in [0, 0.05) is 0 Å². The number of benzene rings is 1. The summed E-state index contributed by atoms with van der Waals surface area (Å²) in [6, 6.07) is 6.07. The van der Waals surface area contributed by atoms with Gasteiger partial charge in [0.05, 0.1) is 0 Å². The topological polar surface area (TPSA) is 20.2 Å². The average Bonchev–Trinajstić information content (AvgIpc) is 2.70. The summed E-state index contributed by atoms with van der Waals surface area (Å²) in [5, 5.41) is 9.73. The first kappa shape index (κ1) is 13.4. The van der Waals surface area contributed by atoms with Crippen molar-refractivity contribution in [3.8, 4) is 5.75 Å². The summed E-state index contributed by atoms with van der Waals surface area (Å²) in [5.41, 5.74) is 4.82. The Morgan fingerprint density at radius 3 is 2.90 bits per heavy atom. The van der Waals surface area contributed by atoms with E-state index in [1.807, 2.05) is 12.1 Å². The third kappa shape index (κ3) is 1.76. The van der Waals surface area contributed by atoms with Crippen molar-refractivity contribution in [3.05, 3.63) is 41.5 Å². The van der Waals surface area contributed by atoms with Crippen LogP contribution in [0, 0.1) is 23.2 Å². The Morgan fingerprint density at radius 2 is 2.10 bits per heavy atom. The van der Waals surface area contributed by atoms with Crippen molar-refractivity contribution in [2.75, 3.05) is 0 Å². The summed E-state index contributed by atoms with van der Waals surface area (Å²) in [5.74, 6) is 3.48. The van der Waals surface area contributed by atoms with Gasteiger partial charge in [0.15, 0.2) is 0 Å². The quantitative estimate of drug-likeness (QED) is 0.660. The molecule has 0 aliphatic heterocycles. The highest BCUT2D eigenvalue weighted by atomic mass is 16.3. The van der Waals surface area contributed by atoms with Crippen LogP contribution in [0.2, 0.25) is 0 Å². The predicted molar refractivity (Wildman–Crippen MR) is 86.4 cm³/mol. The van der Waals surface area contributed by atoms with E-state index in [1.54, 1.807) is 0 Å². The molecule has 1 N–H and O–H groups in total. The zero-order valence-electron chi connectivity index (χ0n) is 13.2. The lowest BCUT2D eigenvalue weighted by Gasteiger charge is -2.49. The number of fused-ring (bicyclic) bond motifs is 5. The minimum atomic E-state index is 0.384. The molecule has 1 aromatic rings. The zero-order valence-corrected chi connectivity index (χ0v) is 13.2. The molecule has 0 saturated heterocycles. The maximum atomic E-state index is 9.73. The number of aromatic hydroxyl groups is 1. The van der Waals surface area contributed by atoms with E-state index >= 15 is 0 Å². The van der Waals surface area contributed by atoms with E-state index in [4.69, 9.17) is 0 Å². The largest absolute Gasteiger partial charge is 0.508 e. The van der Waals surface area contributed by atoms with Crippen LogP contribution >= 0.6 is 0 Å². The normalized spacial score (nSPS) is 41.3. The molecular formula is C20H26O. The van der Waals surface area contributed by atoms with Crippen LogP contribution in [0.5, 0.6) is 5.75 Å². The maximum absolute atomic E-state index is 9.73. The summed E-state index contributed by atoms with van der Waals surface area (Å²) in [4.78, 5) is 0. The summed E-state index contributed by atoms with van der Waals surface area (Å²) in [6.45, 7) is 9.30. The first-order valence-corrected chi connectivity index (χ1v) is 8.52. The molecule has 0 aromatic heterocycles. The summed E-state index contributed by atoms with van der Waals surface area (Å²) in [7, 11) is 0. The fourth-order valence-electron chi connectivity index (χ4n) is 5.81. The standard InChI is InChI=1S/C20H26O/c1-12-10-19-18-6-4-14-11-15(21)5-7-16(14)17(18)8-9-20(19,3)13(12)2/h5,7,11-12,17-19,21H,2,4,6,8-10H2,1,3H3/t12-,17-,18-,19+,20-/m1/s1. The molecule has 3 aliphatic carbocycles. The molecule has 0 radical (unpaired) electrons. The highest BCUT2D eigenvalue weighted by Crippen LogP contribution is 2.63. The molecule has 5 atom stereocenters. The van der Waals surface area contributed by atoms with E-state index in [0.717, 1.165) is 18.3 Å². The highest BCUT2D eigenvalue weighted by molar-refractivity contribution is 5.40. The van der Waals surface area contributed by atoms with Crippen molar-refractivity contribution in [1.82, 2.24) is 0 Å². The summed E-state index contributed by atoms with van der Waals surface area (Å²) >= 11 is 0. The van der Waals surface area contributed by atoms with Gasteiger partial charge in [-0.3, -0.25) is 0 Å². The van der Waals surface area contributed by atoms with Crippen LogP contribution in [0.3, 0.4) is 0 Å². The first-order valence-electron chi connectivity index (χ1n) is 8.52. The van der Waals surface area contributed by atoms with Gasteiger partial charge in [-0.15, -0.1) is 0 Å². The molecule has 1 aromatic carbocycles. The molecule has 1 nitrogen and oxygen atoms in total. The van der Waals surface area contributed by atoms with E-state index in [-0.39, 0.29) is 0 Å². The van der Waals surface area contributed by atoms with Gasteiger partial charge in [-0.1, -0.05) is 32.1 Å². The second-order valence-corrected chi connectivity index (χ2v) is 7.92. The van der Waals surface area contributed by atoms with Crippen LogP contribution in [-0.4, -0.2) is 5.11 Å². The fourth-order valence-corrected chi connectivity index (χ4v) is 5.81. The highest BCUT2D eigenvalue weighted by Gasteiger charge is 2.53. The third-order valence-corrected chi connectivity index (χ3v) is 7.04. The van der Waals surface area contributed by atoms with E-state index in [0.29, 0.717) is 23.0 Å². The minimum Gasteiger partial charge on any atom is -0.508 e. The summed E-state index contributed by atoms with van der Waals surface area (Å²) in [6.07, 6.45) is 6.35. The predicted octanol–water partition coefficient (Wildman–Crippen LogP) is 5.05. The molecule has 0 unspecified atom stereocenters. The van der Waals surface area contributed by atoms with Gasteiger partial charge in [-0.25, -0.2) is 0 Å². The molecule has 1 heteroatoms. The van der Waals surface area contributed by atoms with Gasteiger partial charge in [0.2, 0.25) is 0 Å². The Balaban J connectivity index is 1.73. The van der Waals surface area contributed by atoms with Gasteiger partial charge >= 0.3 is 0 Å². The van der Waals surface area contributed by atoms with Crippen molar-refractivity contribution >= 4 is 0 Å². The number of phenols is 1. The van der Waals surface area contributed by atoms with Crippen molar-refractivity contribution in [1.29, 1.82) is 0 Å². The smallest absolute Gasteiger partial charge is 0.115 e. The van der Waals surface area contributed by atoms with Gasteiger partial charge < -0.3 is 5.11 Å². The number of allylic oxidation sites excluding steroid dienone is 1. The summed E-state index contributed by atoms with van der Waals surface area (Å²) < 4.78 is 0. The Hall–Kier alpha value is -1.24. The van der Waals surface area contributed by atoms with Gasteiger partial charge in [-0.05, 0) is 84.5 Å². The Kier molecular flexibility index (Phi) is 2.80. The fraction of sp³-hybridized carbons (Fsp3) is 0.600. The van der Waals surface area contributed by atoms with Crippen LogP contribution < -0.4 is 0 Å². The van der Waals surface area contributed by atoms with Gasteiger partial charge in [-0.2, -0.15) is 0 Å². The van der Waals surface area contributed by atoms with E-state index in [1.165, 1.54) is 42.4 Å². The Bertz CT molecular complexity index is 602. The first-order chi connectivity index (χ1) is 10.0. The molecule has 3 aliphatic rings. The van der Waals surface area contributed by atoms with Crippen molar-refractivity contribution in [2.24, 2.45) is 23.2 Å². The molecule has 2 saturated carbocycles. The minimum absolute atomic E-state index is 0.384. The number of aryl methyl sites for hydroxylation is 1. The molecule has 112 valence electrons. The Morgan fingerprint density at radius 1 is 1.29 bits per heavy atom. The van der Waals surface area contributed by atoms with Crippen LogP contribution in [0.15, 0.2) is 30.4 Å². The SMILES string of the molecule is C=C1[C@H](C)C[C@H]2[C@@H]3CCc4cc(O)ccc4[C@H]3CC[C@]12C. The molecule has 4 rings (SSSR count). The number of hydrogen-bond donors (Lipinski definition) is 1. The van der Waals surface area contributed by atoms with Crippen LogP contribution in [0.4, 0.5) is 0 Å². The molecule has 2 fully saturated rings. The van der Waals surface area contributed by atoms with Gasteiger partial charge in [0.1, 0.15) is 5.75 Å². The molecule has 0 amide bonds. The molecule has 0 heterocycles. The second-order valence-electron chi connectivity index (χ2n) is 7.92. The average molecular weight is 282 g/mol. The van der Waals surface area contributed by atoms with Crippen LogP contribution in [0.25, 0.3) is 0 Å². The second kappa shape index (κ2) is 4.38.